The van der Waals surface area contributed by atoms with Gasteiger partial charge in [-0.1, -0.05) is 0 Å². The Hall–Kier alpha value is -1.10. The number of carbonyl (C=O) groups excluding carboxylic acids is 1. The molecule has 3 N–H and O–H groups in total. The van der Waals surface area contributed by atoms with E-state index >= 15 is 0 Å². The summed E-state index contributed by atoms with van der Waals surface area (Å²) in [5.74, 6) is -0.957. The number of carbonyl (C=O) groups is 1. The Bertz CT molecular complexity index is 301. The summed E-state index contributed by atoms with van der Waals surface area (Å²) in [7, 11) is 0. The second-order valence-electron chi connectivity index (χ2n) is 1.89. The summed E-state index contributed by atoms with van der Waals surface area (Å²) in [5.41, 5.74) is 4.77. The molecule has 0 aliphatic rings. The fourth-order valence-electron chi connectivity index (χ4n) is 0.618. The summed E-state index contributed by atoms with van der Waals surface area (Å²) in [6.45, 7) is 0. The minimum Gasteiger partial charge on any atom is -0.505 e. The lowest BCUT2D eigenvalue weighted by Crippen LogP contribution is -2.12. The van der Waals surface area contributed by atoms with Crippen molar-refractivity contribution >= 4 is 21.8 Å². The summed E-state index contributed by atoms with van der Waals surface area (Å²) in [6.07, 6.45) is 1.39. The van der Waals surface area contributed by atoms with Gasteiger partial charge in [-0.15, -0.1) is 0 Å². The summed E-state index contributed by atoms with van der Waals surface area (Å²) >= 11 is 3.07. The van der Waals surface area contributed by atoms with Crippen molar-refractivity contribution in [3.8, 4) is 5.75 Å². The van der Waals surface area contributed by atoms with E-state index in [2.05, 4.69) is 20.9 Å². The Kier molecular flexibility index (Phi) is 2.09. The van der Waals surface area contributed by atoms with Gasteiger partial charge in [0.05, 0.1) is 0 Å². The first-order chi connectivity index (χ1) is 5.11. The van der Waals surface area contributed by atoms with Crippen LogP contribution in [0, 0.1) is 0 Å². The third-order valence-corrected chi connectivity index (χ3v) is 1.50. The van der Waals surface area contributed by atoms with E-state index in [1.54, 1.807) is 0 Å². The number of pyridine rings is 1. The largest absolute Gasteiger partial charge is 0.505 e. The lowest BCUT2D eigenvalue weighted by Gasteiger charge is -1.97. The van der Waals surface area contributed by atoms with E-state index in [9.17, 15) is 4.79 Å². The standard InChI is InChI=1S/C6H5BrN2O2/c7-3-1-4(10)5(6(8)11)9-2-3/h1-2,10H,(H2,8,11). The number of aromatic nitrogens is 1. The van der Waals surface area contributed by atoms with Crippen molar-refractivity contribution in [2.75, 3.05) is 0 Å². The SMILES string of the molecule is NC(=O)c1ncc(Br)cc1O. The first-order valence-corrected chi connectivity index (χ1v) is 3.55. The van der Waals surface area contributed by atoms with E-state index < -0.39 is 5.91 Å². The topological polar surface area (TPSA) is 76.2 Å². The monoisotopic (exact) mass is 216 g/mol. The average Bonchev–Trinajstić information content (AvgIpc) is 1.85. The van der Waals surface area contributed by atoms with Crippen LogP contribution in [-0.4, -0.2) is 16.0 Å². The molecule has 0 spiro atoms. The van der Waals surface area contributed by atoms with E-state index in [-0.39, 0.29) is 11.4 Å². The molecule has 0 atom stereocenters. The minimum atomic E-state index is -0.741. The van der Waals surface area contributed by atoms with Crippen molar-refractivity contribution in [3.63, 3.8) is 0 Å². The molecule has 0 radical (unpaired) electrons. The third kappa shape index (κ3) is 1.68. The Morgan fingerprint density at radius 1 is 1.73 bits per heavy atom. The van der Waals surface area contributed by atoms with Gasteiger partial charge in [0.1, 0.15) is 5.75 Å². The lowest BCUT2D eigenvalue weighted by atomic mass is 10.3. The Morgan fingerprint density at radius 2 is 2.36 bits per heavy atom. The highest BCUT2D eigenvalue weighted by Gasteiger charge is 2.07. The second-order valence-corrected chi connectivity index (χ2v) is 2.80. The van der Waals surface area contributed by atoms with Gasteiger partial charge in [-0.25, -0.2) is 4.98 Å². The highest BCUT2D eigenvalue weighted by molar-refractivity contribution is 9.10. The van der Waals surface area contributed by atoms with Crippen molar-refractivity contribution in [1.29, 1.82) is 0 Å². The fourth-order valence-corrected chi connectivity index (χ4v) is 0.938. The molecule has 1 rings (SSSR count). The highest BCUT2D eigenvalue weighted by atomic mass is 79.9. The minimum absolute atomic E-state index is 0.117. The Morgan fingerprint density at radius 3 is 2.82 bits per heavy atom. The first kappa shape index (κ1) is 8.00. The molecule has 4 nitrogen and oxygen atoms in total. The van der Waals surface area contributed by atoms with Crippen molar-refractivity contribution in [1.82, 2.24) is 4.98 Å². The summed E-state index contributed by atoms with van der Waals surface area (Å²) in [5, 5.41) is 9.07. The molecule has 0 fully saturated rings. The van der Waals surface area contributed by atoms with Gasteiger partial charge in [-0.05, 0) is 22.0 Å². The van der Waals surface area contributed by atoms with Gasteiger partial charge in [0.25, 0.3) is 5.91 Å². The molecule has 0 bridgehead atoms. The molecule has 58 valence electrons. The zero-order chi connectivity index (χ0) is 8.43. The van der Waals surface area contributed by atoms with Gasteiger partial charge in [0.2, 0.25) is 0 Å². The van der Waals surface area contributed by atoms with Crippen LogP contribution in [0.3, 0.4) is 0 Å². The van der Waals surface area contributed by atoms with Crippen LogP contribution in [0.15, 0.2) is 16.7 Å². The third-order valence-electron chi connectivity index (χ3n) is 1.07. The van der Waals surface area contributed by atoms with Crippen LogP contribution in [0.4, 0.5) is 0 Å². The molecule has 0 aliphatic heterocycles. The molecular weight excluding hydrogens is 212 g/mol. The maximum Gasteiger partial charge on any atom is 0.271 e. The van der Waals surface area contributed by atoms with Gasteiger partial charge < -0.3 is 10.8 Å². The number of rotatable bonds is 1. The van der Waals surface area contributed by atoms with Crippen LogP contribution in [0.5, 0.6) is 5.75 Å². The molecule has 0 unspecified atom stereocenters. The molecule has 1 heterocycles. The molecule has 11 heavy (non-hydrogen) atoms. The predicted octanol–water partition coefficient (Wildman–Crippen LogP) is 0.649. The van der Waals surface area contributed by atoms with Crippen molar-refractivity contribution in [2.24, 2.45) is 5.73 Å². The molecule has 1 aromatic rings. The van der Waals surface area contributed by atoms with E-state index in [4.69, 9.17) is 10.8 Å². The van der Waals surface area contributed by atoms with Crippen LogP contribution in [-0.2, 0) is 0 Å². The molecule has 0 saturated heterocycles. The Labute approximate surface area is 71.2 Å². The molecule has 0 aromatic carbocycles. The number of hydrogen-bond donors (Lipinski definition) is 2. The number of aromatic hydroxyl groups is 1. The van der Waals surface area contributed by atoms with Crippen LogP contribution in [0.25, 0.3) is 0 Å². The van der Waals surface area contributed by atoms with Gasteiger partial charge in [-0.2, -0.15) is 0 Å². The number of nitrogens with zero attached hydrogens (tertiary/aromatic N) is 1. The van der Waals surface area contributed by atoms with Gasteiger partial charge >= 0.3 is 0 Å². The number of nitrogens with two attached hydrogens (primary N) is 1. The van der Waals surface area contributed by atoms with Crippen molar-refractivity contribution < 1.29 is 9.90 Å². The number of halogens is 1. The van der Waals surface area contributed by atoms with Gasteiger partial charge in [0.15, 0.2) is 5.69 Å². The summed E-state index contributed by atoms with van der Waals surface area (Å²) in [4.78, 5) is 14.1. The zero-order valence-corrected chi connectivity index (χ0v) is 7.00. The van der Waals surface area contributed by atoms with E-state index in [0.29, 0.717) is 4.47 Å². The van der Waals surface area contributed by atoms with E-state index in [0.717, 1.165) is 0 Å². The smallest absolute Gasteiger partial charge is 0.271 e. The number of primary amides is 1. The normalized spacial score (nSPS) is 9.55. The molecule has 5 heteroatoms. The maximum atomic E-state index is 10.5. The van der Waals surface area contributed by atoms with Crippen LogP contribution in [0.1, 0.15) is 10.5 Å². The molecular formula is C6H5BrN2O2. The lowest BCUT2D eigenvalue weighted by molar-refractivity contribution is 0.0993. The first-order valence-electron chi connectivity index (χ1n) is 2.75. The van der Waals surface area contributed by atoms with Crippen LogP contribution in [0.2, 0.25) is 0 Å². The molecule has 1 aromatic heterocycles. The number of amides is 1. The average molecular weight is 217 g/mol. The quantitative estimate of drug-likeness (QED) is 0.724. The maximum absolute atomic E-state index is 10.5. The summed E-state index contributed by atoms with van der Waals surface area (Å²) < 4.78 is 0.597. The second kappa shape index (κ2) is 2.87. The predicted molar refractivity (Wildman–Crippen MR) is 42.1 cm³/mol. The highest BCUT2D eigenvalue weighted by Crippen LogP contribution is 2.18. The molecule has 1 amide bonds. The van der Waals surface area contributed by atoms with Crippen LogP contribution >= 0.6 is 15.9 Å². The van der Waals surface area contributed by atoms with E-state index in [1.807, 2.05) is 0 Å². The van der Waals surface area contributed by atoms with Gasteiger partial charge in [0, 0.05) is 10.7 Å². The van der Waals surface area contributed by atoms with Crippen molar-refractivity contribution in [3.05, 3.63) is 22.4 Å². The molecule has 0 saturated carbocycles. The van der Waals surface area contributed by atoms with E-state index in [1.165, 1.54) is 12.3 Å². The van der Waals surface area contributed by atoms with Crippen molar-refractivity contribution in [2.45, 2.75) is 0 Å². The van der Waals surface area contributed by atoms with Crippen LogP contribution < -0.4 is 5.73 Å². The zero-order valence-electron chi connectivity index (χ0n) is 5.41. The Balaban J connectivity index is 3.20. The van der Waals surface area contributed by atoms with Gasteiger partial charge in [-0.3, -0.25) is 4.79 Å². The molecule has 0 aliphatic carbocycles. The number of hydrogen-bond acceptors (Lipinski definition) is 3. The summed E-state index contributed by atoms with van der Waals surface area (Å²) in [6, 6.07) is 1.35. The fraction of sp³-hybridized carbons (Fsp3) is 0.